The fourth-order valence-corrected chi connectivity index (χ4v) is 12.5. The third-order valence-corrected chi connectivity index (χ3v) is 15.3. The van der Waals surface area contributed by atoms with Crippen LogP contribution in [0.3, 0.4) is 0 Å². The van der Waals surface area contributed by atoms with Crippen LogP contribution in [-0.2, 0) is 31.4 Å². The molecule has 11 rings (SSSR count). The van der Waals surface area contributed by atoms with Crippen LogP contribution >= 0.6 is 39.2 Å². The van der Waals surface area contributed by atoms with E-state index in [9.17, 15) is 9.13 Å². The minimum Gasteiger partial charge on any atom is -0.394 e. The molecule has 0 aliphatic carbocycles. The zero-order chi connectivity index (χ0) is 40.3. The average Bonchev–Trinajstić information content (AvgIpc) is 3.27. The molecule has 0 saturated carbocycles. The number of nitrogens with zero attached hydrogens (tertiary/aromatic N) is 1. The van der Waals surface area contributed by atoms with Crippen molar-refractivity contribution >= 4 is 82.3 Å². The molecule has 0 amide bonds. The zero-order valence-electron chi connectivity index (χ0n) is 31.4. The molecule has 294 valence electrons. The van der Waals surface area contributed by atoms with Crippen LogP contribution in [0.25, 0.3) is 43.1 Å². The first kappa shape index (κ1) is 37.2. The van der Waals surface area contributed by atoms with Gasteiger partial charge in [-0.2, -0.15) is 0 Å². The van der Waals surface area contributed by atoms with E-state index in [-0.39, 0.29) is 13.2 Å². The van der Waals surface area contributed by atoms with Crippen molar-refractivity contribution in [1.82, 2.24) is 4.98 Å². The number of phosphoric ester groups is 2. The van der Waals surface area contributed by atoms with Gasteiger partial charge in [-0.1, -0.05) is 151 Å². The maximum Gasteiger partial charge on any atom is 0.588 e. The van der Waals surface area contributed by atoms with Gasteiger partial charge in [-0.05, 0) is 79.5 Å². The summed E-state index contributed by atoms with van der Waals surface area (Å²) in [7, 11) is -8.62. The molecule has 3 heterocycles. The van der Waals surface area contributed by atoms with E-state index in [2.05, 4.69) is 0 Å². The molecule has 8 aromatic carbocycles. The second-order valence-electron chi connectivity index (χ2n) is 14.1. The number of rotatable bonds is 6. The van der Waals surface area contributed by atoms with Gasteiger partial charge in [0, 0.05) is 0 Å². The Morgan fingerprint density at radius 2 is 0.683 bits per heavy atom. The predicted molar refractivity (Wildman–Crippen MR) is 236 cm³/mol. The van der Waals surface area contributed by atoms with Crippen molar-refractivity contribution in [2.24, 2.45) is 0 Å². The number of phosphoric acid groups is 2. The van der Waals surface area contributed by atoms with Crippen LogP contribution in [0.2, 0.25) is 0 Å². The van der Waals surface area contributed by atoms with Crippen LogP contribution < -0.4 is 18.1 Å². The van der Waals surface area contributed by atoms with E-state index in [1.807, 2.05) is 121 Å². The Balaban J connectivity index is 0.888. The second-order valence-corrected chi connectivity index (χ2v) is 19.2. The van der Waals surface area contributed by atoms with Crippen LogP contribution in [0.4, 0.5) is 0 Å². The molecule has 0 spiro atoms. The Hall–Kier alpha value is -5.77. The fraction of sp³-hybridized carbons (Fsp3) is 0.0426. The molecule has 13 heteroatoms. The monoisotopic (exact) mass is 863 g/mol. The van der Waals surface area contributed by atoms with Crippen LogP contribution in [0.1, 0.15) is 11.4 Å². The number of hydrogen-bond donors (Lipinski definition) is 0. The van der Waals surface area contributed by atoms with Gasteiger partial charge in [0.15, 0.2) is 0 Å². The van der Waals surface area contributed by atoms with Gasteiger partial charge in [-0.3, -0.25) is 14.0 Å². The lowest BCUT2D eigenvalue weighted by atomic mass is 10.1. The topological polar surface area (TPSA) is 102 Å². The second kappa shape index (κ2) is 15.0. The first-order chi connectivity index (χ1) is 29.4. The van der Waals surface area contributed by atoms with Crippen LogP contribution in [-0.4, -0.2) is 4.98 Å². The minimum absolute atomic E-state index is 0.229. The number of hydrogen-bond acceptors (Lipinski definition) is 11. The Labute approximate surface area is 352 Å². The molecule has 0 N–H and O–H groups in total. The highest BCUT2D eigenvalue weighted by molar-refractivity contribution is 8.00. The number of pyridine rings is 1. The summed E-state index contributed by atoms with van der Waals surface area (Å²) in [5.41, 5.74) is 0.825. The molecule has 2 aliphatic rings. The molecule has 1 aromatic heterocycles. The Bertz CT molecular complexity index is 2890. The van der Waals surface area contributed by atoms with Gasteiger partial charge in [0.05, 0.1) is 31.0 Å². The van der Waals surface area contributed by atoms with E-state index in [0.717, 1.165) is 62.7 Å². The van der Waals surface area contributed by atoms with E-state index < -0.39 is 15.6 Å². The van der Waals surface area contributed by atoms with Crippen molar-refractivity contribution in [3.8, 4) is 23.0 Å². The SMILES string of the molecule is O=P1(OCc2cccc(COP3(=O)Oc4ccc5ccccc5c4Sc4c(ccc5ccccc45)O3)n2)Oc2ccc3ccccc3c2Sc2c(ccc3ccccc23)O1. The van der Waals surface area contributed by atoms with Gasteiger partial charge in [0.25, 0.3) is 0 Å². The van der Waals surface area contributed by atoms with E-state index >= 15 is 0 Å². The smallest absolute Gasteiger partial charge is 0.394 e. The number of aromatic nitrogens is 1. The molecule has 0 atom stereocenters. The van der Waals surface area contributed by atoms with Crippen LogP contribution in [0.5, 0.6) is 23.0 Å². The summed E-state index contributed by atoms with van der Waals surface area (Å²) < 4.78 is 66.2. The number of fused-ring (bicyclic) bond motifs is 12. The molecule has 60 heavy (non-hydrogen) atoms. The van der Waals surface area contributed by atoms with Gasteiger partial charge in [0.2, 0.25) is 0 Å². The quantitative estimate of drug-likeness (QED) is 0.149. The molecule has 9 aromatic rings. The summed E-state index contributed by atoms with van der Waals surface area (Å²) in [6.45, 7) is -0.459. The average molecular weight is 864 g/mol. The molecule has 2 aliphatic heterocycles. The molecular weight excluding hydrogens is 833 g/mol. The van der Waals surface area contributed by atoms with Crippen molar-refractivity contribution in [2.45, 2.75) is 32.8 Å². The van der Waals surface area contributed by atoms with Crippen molar-refractivity contribution in [3.05, 3.63) is 175 Å². The van der Waals surface area contributed by atoms with Gasteiger partial charge in [-0.25, -0.2) is 9.13 Å². The summed E-state index contributed by atoms with van der Waals surface area (Å²) in [6, 6.07) is 52.0. The summed E-state index contributed by atoms with van der Waals surface area (Å²) in [5, 5.41) is 7.86. The highest BCUT2D eigenvalue weighted by Crippen LogP contribution is 2.60. The maximum absolute atomic E-state index is 14.7. The van der Waals surface area contributed by atoms with Gasteiger partial charge in [0.1, 0.15) is 36.2 Å². The molecule has 0 saturated heterocycles. The summed E-state index contributed by atoms with van der Waals surface area (Å²) >= 11 is 3.02. The van der Waals surface area contributed by atoms with Gasteiger partial charge >= 0.3 is 15.6 Å². The van der Waals surface area contributed by atoms with E-state index in [1.165, 1.54) is 23.5 Å². The fourth-order valence-electron chi connectivity index (χ4n) is 7.41. The van der Waals surface area contributed by atoms with Crippen LogP contribution in [0.15, 0.2) is 183 Å². The lowest BCUT2D eigenvalue weighted by molar-refractivity contribution is 0.192. The zero-order valence-corrected chi connectivity index (χ0v) is 34.8. The Kier molecular flexibility index (Phi) is 9.34. The summed E-state index contributed by atoms with van der Waals surface area (Å²) in [6.07, 6.45) is 0. The van der Waals surface area contributed by atoms with Crippen molar-refractivity contribution < 1.29 is 36.3 Å². The van der Waals surface area contributed by atoms with Crippen LogP contribution in [0, 0.1) is 0 Å². The van der Waals surface area contributed by atoms with Crippen molar-refractivity contribution in [2.75, 3.05) is 0 Å². The molecule has 0 radical (unpaired) electrons. The van der Waals surface area contributed by atoms with E-state index in [0.29, 0.717) is 34.4 Å². The van der Waals surface area contributed by atoms with E-state index in [4.69, 9.17) is 32.1 Å². The highest BCUT2D eigenvalue weighted by Gasteiger charge is 2.38. The van der Waals surface area contributed by atoms with E-state index in [1.54, 1.807) is 42.5 Å². The highest BCUT2D eigenvalue weighted by atomic mass is 32.2. The maximum atomic E-state index is 14.7. The molecule has 0 unspecified atom stereocenters. The largest absolute Gasteiger partial charge is 0.588 e. The predicted octanol–water partition coefficient (Wildman–Crippen LogP) is 14.2. The standard InChI is InChI=1S/C47H31NO8P2S2/c49-57(53-40-24-20-30-10-1-5-16-36(30)44(40)59-45-37-17-6-2-11-31(37)21-25-41(45)54-57)51-28-34-14-9-15-35(48-34)29-52-58(50)55-42-26-22-32-12-3-7-18-38(32)46(42)60-47-39-19-8-4-13-33(39)23-27-43(47)56-58/h1-27H,28-29H2. The third-order valence-electron chi connectivity index (χ3n) is 10.2. The van der Waals surface area contributed by atoms with Gasteiger partial charge < -0.3 is 18.1 Å². The normalized spacial score (nSPS) is 15.1. The lowest BCUT2D eigenvalue weighted by Crippen LogP contribution is -2.10. The van der Waals surface area contributed by atoms with Crippen molar-refractivity contribution in [3.63, 3.8) is 0 Å². The van der Waals surface area contributed by atoms with Crippen molar-refractivity contribution in [1.29, 1.82) is 0 Å². The Morgan fingerprint density at radius 1 is 0.383 bits per heavy atom. The third kappa shape index (κ3) is 6.97. The number of benzene rings is 8. The summed E-state index contributed by atoms with van der Waals surface area (Å²) in [5.74, 6) is 1.51. The first-order valence-electron chi connectivity index (χ1n) is 19.0. The van der Waals surface area contributed by atoms with Gasteiger partial charge in [-0.15, -0.1) is 0 Å². The molecule has 0 fully saturated rings. The summed E-state index contributed by atoms with van der Waals surface area (Å²) in [4.78, 5) is 7.91. The molecule has 0 bridgehead atoms. The molecular formula is C47H31NO8P2S2. The lowest BCUT2D eigenvalue weighted by Gasteiger charge is -2.26. The minimum atomic E-state index is -4.31. The first-order valence-corrected chi connectivity index (χ1v) is 23.6. The molecule has 9 nitrogen and oxygen atoms in total. The Morgan fingerprint density at radius 3 is 1.00 bits per heavy atom.